The molecule has 2 aromatic rings. The minimum atomic E-state index is -0.701. The number of Topliss-reactive ketones (excluding diaryl/α,β-unsaturated/α-hetero) is 1. The topological polar surface area (TPSA) is 66.8 Å². The number of amides is 1. The van der Waals surface area contributed by atoms with Crippen molar-refractivity contribution in [3.63, 3.8) is 0 Å². The van der Waals surface area contributed by atoms with Gasteiger partial charge in [0.1, 0.15) is 17.3 Å². The molecule has 1 aliphatic carbocycles. The van der Waals surface area contributed by atoms with E-state index < -0.39 is 23.5 Å². The number of carbonyl (C=O) groups is 2. The minimum absolute atomic E-state index is 0.0484. The fraction of sp³-hybridized carbons (Fsp3) is 0.385. The lowest BCUT2D eigenvalue weighted by Crippen LogP contribution is -2.37. The summed E-state index contributed by atoms with van der Waals surface area (Å²) in [5.74, 6) is -1.25. The van der Waals surface area contributed by atoms with E-state index in [1.807, 2.05) is 31.2 Å². The van der Waals surface area contributed by atoms with Gasteiger partial charge in [-0.25, -0.2) is 4.39 Å². The lowest BCUT2D eigenvalue weighted by molar-refractivity contribution is -0.141. The maximum atomic E-state index is 13.8. The normalized spacial score (nSPS) is 20.8. The Kier molecular flexibility index (Phi) is 6.31. The van der Waals surface area contributed by atoms with Crippen molar-refractivity contribution in [3.05, 3.63) is 70.5 Å². The number of ether oxygens (including phenoxy) is 1. The second-order valence-corrected chi connectivity index (χ2v) is 8.53. The molecule has 6 heteroatoms. The van der Waals surface area contributed by atoms with E-state index in [-0.39, 0.29) is 17.4 Å². The van der Waals surface area contributed by atoms with Gasteiger partial charge in [-0.3, -0.25) is 9.59 Å². The van der Waals surface area contributed by atoms with Crippen LogP contribution in [0.4, 0.5) is 4.39 Å². The number of hydrogen-bond donors (Lipinski definition) is 1. The molecule has 32 heavy (non-hydrogen) atoms. The molecule has 0 bridgehead atoms. The zero-order valence-corrected chi connectivity index (χ0v) is 18.4. The number of carbonyl (C=O) groups excluding carboxylic acids is 2. The van der Waals surface area contributed by atoms with Gasteiger partial charge in [0.25, 0.3) is 11.7 Å². The summed E-state index contributed by atoms with van der Waals surface area (Å²) in [6, 6.07) is 10.8. The van der Waals surface area contributed by atoms with Gasteiger partial charge in [-0.15, -0.1) is 0 Å². The van der Waals surface area contributed by atoms with Crippen LogP contribution in [0.25, 0.3) is 5.76 Å². The molecule has 1 saturated heterocycles. The van der Waals surface area contributed by atoms with Crippen molar-refractivity contribution in [1.29, 1.82) is 0 Å². The first kappa shape index (κ1) is 22.1. The van der Waals surface area contributed by atoms with Crippen LogP contribution in [-0.2, 0) is 9.59 Å². The first-order chi connectivity index (χ1) is 15.4. The summed E-state index contributed by atoms with van der Waals surface area (Å²) in [4.78, 5) is 27.9. The van der Waals surface area contributed by atoms with Gasteiger partial charge in [0.05, 0.1) is 18.2 Å². The molecule has 1 amide bonds. The van der Waals surface area contributed by atoms with E-state index in [1.54, 1.807) is 11.8 Å². The Hall–Kier alpha value is -3.15. The molecular weight excluding hydrogens is 409 g/mol. The molecule has 5 nitrogen and oxygen atoms in total. The SMILES string of the molecule is CCCOc1ccc(C2/C(=C(/O)c3ccc(F)c(C)c3)C(=O)C(=O)N2C2CCCC2)cc1. The Morgan fingerprint density at radius 3 is 2.44 bits per heavy atom. The molecule has 1 aliphatic heterocycles. The van der Waals surface area contributed by atoms with Crippen molar-refractivity contribution in [1.82, 2.24) is 4.90 Å². The second-order valence-electron chi connectivity index (χ2n) is 8.53. The zero-order valence-electron chi connectivity index (χ0n) is 18.4. The zero-order chi connectivity index (χ0) is 22.8. The highest BCUT2D eigenvalue weighted by atomic mass is 19.1. The number of ketones is 1. The average molecular weight is 438 g/mol. The molecule has 1 saturated carbocycles. The third-order valence-electron chi connectivity index (χ3n) is 6.30. The van der Waals surface area contributed by atoms with Gasteiger partial charge in [0, 0.05) is 11.6 Å². The van der Waals surface area contributed by atoms with E-state index in [2.05, 4.69) is 0 Å². The van der Waals surface area contributed by atoms with Crippen molar-refractivity contribution >= 4 is 17.4 Å². The van der Waals surface area contributed by atoms with Crippen molar-refractivity contribution in [3.8, 4) is 5.75 Å². The van der Waals surface area contributed by atoms with Crippen LogP contribution in [0.2, 0.25) is 0 Å². The first-order valence-corrected chi connectivity index (χ1v) is 11.2. The van der Waals surface area contributed by atoms with Gasteiger partial charge in [0.2, 0.25) is 0 Å². The number of benzene rings is 2. The van der Waals surface area contributed by atoms with Crippen LogP contribution in [0.5, 0.6) is 5.75 Å². The summed E-state index contributed by atoms with van der Waals surface area (Å²) < 4.78 is 19.4. The lowest BCUT2D eigenvalue weighted by Gasteiger charge is -2.30. The van der Waals surface area contributed by atoms with Crippen molar-refractivity contribution in [2.24, 2.45) is 0 Å². The Bertz CT molecular complexity index is 1050. The molecule has 0 radical (unpaired) electrons. The third-order valence-corrected chi connectivity index (χ3v) is 6.30. The molecule has 2 fully saturated rings. The summed E-state index contributed by atoms with van der Waals surface area (Å²) >= 11 is 0. The summed E-state index contributed by atoms with van der Waals surface area (Å²) in [6.45, 7) is 4.22. The molecule has 2 aliphatic rings. The Balaban J connectivity index is 1.81. The van der Waals surface area contributed by atoms with Crippen LogP contribution in [0.1, 0.15) is 61.8 Å². The molecule has 1 unspecified atom stereocenters. The number of likely N-dealkylation sites (tertiary alicyclic amines) is 1. The summed E-state index contributed by atoms with van der Waals surface area (Å²) in [5.41, 5.74) is 1.46. The fourth-order valence-electron chi connectivity index (χ4n) is 4.65. The van der Waals surface area contributed by atoms with Gasteiger partial charge in [-0.2, -0.15) is 0 Å². The van der Waals surface area contributed by atoms with E-state index in [0.29, 0.717) is 23.5 Å². The number of rotatable bonds is 6. The van der Waals surface area contributed by atoms with Crippen LogP contribution in [0, 0.1) is 12.7 Å². The van der Waals surface area contributed by atoms with Gasteiger partial charge >= 0.3 is 0 Å². The number of halogens is 1. The van der Waals surface area contributed by atoms with Crippen molar-refractivity contribution in [2.45, 2.75) is 58.0 Å². The first-order valence-electron chi connectivity index (χ1n) is 11.2. The molecule has 1 N–H and O–H groups in total. The summed E-state index contributed by atoms with van der Waals surface area (Å²) in [7, 11) is 0. The van der Waals surface area contributed by atoms with E-state index in [4.69, 9.17) is 4.74 Å². The smallest absolute Gasteiger partial charge is 0.295 e. The molecular formula is C26H28FNO4. The molecule has 1 heterocycles. The van der Waals surface area contributed by atoms with Crippen LogP contribution in [-0.4, -0.2) is 34.3 Å². The van der Waals surface area contributed by atoms with Gasteiger partial charge in [-0.1, -0.05) is 31.9 Å². The number of nitrogens with zero attached hydrogens (tertiary/aromatic N) is 1. The van der Waals surface area contributed by atoms with Crippen molar-refractivity contribution in [2.75, 3.05) is 6.61 Å². The predicted octanol–water partition coefficient (Wildman–Crippen LogP) is 5.29. The molecule has 2 aromatic carbocycles. The highest BCUT2D eigenvalue weighted by Crippen LogP contribution is 2.43. The van der Waals surface area contributed by atoms with Gasteiger partial charge in [-0.05, 0) is 67.6 Å². The third kappa shape index (κ3) is 4.01. The number of aliphatic hydroxyl groups is 1. The molecule has 0 spiro atoms. The van der Waals surface area contributed by atoms with Crippen molar-refractivity contribution < 1.29 is 23.8 Å². The maximum absolute atomic E-state index is 13.8. The van der Waals surface area contributed by atoms with E-state index >= 15 is 0 Å². The fourth-order valence-corrected chi connectivity index (χ4v) is 4.65. The predicted molar refractivity (Wildman–Crippen MR) is 120 cm³/mol. The number of aliphatic hydroxyl groups excluding tert-OH is 1. The maximum Gasteiger partial charge on any atom is 0.295 e. The van der Waals surface area contributed by atoms with Gasteiger partial charge in [0.15, 0.2) is 0 Å². The lowest BCUT2D eigenvalue weighted by atomic mass is 9.94. The standard InChI is InChI=1S/C26H28FNO4/c1-3-14-32-20-11-8-17(9-12-20)23-22(24(29)18-10-13-21(27)16(2)15-18)25(30)26(31)28(23)19-6-4-5-7-19/h8-13,15,19,23,29H,3-7,14H2,1-2H3/b24-22-. The number of hydrogen-bond acceptors (Lipinski definition) is 4. The largest absolute Gasteiger partial charge is 0.507 e. The van der Waals surface area contributed by atoms with Crippen LogP contribution < -0.4 is 4.74 Å². The Morgan fingerprint density at radius 2 is 1.81 bits per heavy atom. The Morgan fingerprint density at radius 1 is 1.12 bits per heavy atom. The molecule has 1 atom stereocenters. The molecule has 4 rings (SSSR count). The second kappa shape index (κ2) is 9.15. The highest BCUT2D eigenvalue weighted by molar-refractivity contribution is 6.46. The van der Waals surface area contributed by atoms with Crippen LogP contribution in [0.3, 0.4) is 0 Å². The van der Waals surface area contributed by atoms with E-state index in [1.165, 1.54) is 18.2 Å². The molecule has 0 aromatic heterocycles. The Labute approximate surface area is 187 Å². The monoisotopic (exact) mass is 437 g/mol. The van der Waals surface area contributed by atoms with Crippen LogP contribution >= 0.6 is 0 Å². The van der Waals surface area contributed by atoms with E-state index in [9.17, 15) is 19.1 Å². The highest BCUT2D eigenvalue weighted by Gasteiger charge is 2.49. The average Bonchev–Trinajstić information content (AvgIpc) is 3.41. The quantitative estimate of drug-likeness (QED) is 0.379. The summed E-state index contributed by atoms with van der Waals surface area (Å²) in [5, 5.41) is 11.1. The van der Waals surface area contributed by atoms with E-state index in [0.717, 1.165) is 37.7 Å². The van der Waals surface area contributed by atoms with Crippen LogP contribution in [0.15, 0.2) is 48.0 Å². The summed E-state index contributed by atoms with van der Waals surface area (Å²) in [6.07, 6.45) is 4.55. The van der Waals surface area contributed by atoms with Gasteiger partial charge < -0.3 is 14.7 Å². The minimum Gasteiger partial charge on any atom is -0.507 e. The molecule has 168 valence electrons. The number of aryl methyl sites for hydroxylation is 1.